The van der Waals surface area contributed by atoms with Crippen LogP contribution in [0.1, 0.15) is 18.6 Å². The van der Waals surface area contributed by atoms with Crippen LogP contribution in [0.4, 0.5) is 11.5 Å². The first-order valence-corrected chi connectivity index (χ1v) is 7.61. The van der Waals surface area contributed by atoms with Crippen molar-refractivity contribution in [1.29, 1.82) is 0 Å². The number of amides is 2. The molecular weight excluding hydrogens is 350 g/mol. The molecule has 22 heavy (non-hydrogen) atoms. The van der Waals surface area contributed by atoms with E-state index in [1.165, 1.54) is 0 Å². The highest BCUT2D eigenvalue weighted by molar-refractivity contribution is 9.10. The highest BCUT2D eigenvalue weighted by Crippen LogP contribution is 2.47. The second-order valence-electron chi connectivity index (χ2n) is 5.32. The zero-order valence-corrected chi connectivity index (χ0v) is 13.4. The molecule has 1 heterocycles. The van der Waals surface area contributed by atoms with Crippen LogP contribution in [0.5, 0.6) is 0 Å². The molecular formula is C15H14BrN3O3. The molecule has 6 nitrogen and oxygen atoms in total. The molecule has 1 aliphatic rings. The van der Waals surface area contributed by atoms with E-state index >= 15 is 0 Å². The first kappa shape index (κ1) is 14.8. The van der Waals surface area contributed by atoms with Gasteiger partial charge in [0, 0.05) is 16.2 Å². The molecule has 1 fully saturated rings. The van der Waals surface area contributed by atoms with Gasteiger partial charge in [0.25, 0.3) is 0 Å². The second kappa shape index (κ2) is 5.57. The number of hydrogen-bond acceptors (Lipinski definition) is 4. The van der Waals surface area contributed by atoms with Crippen molar-refractivity contribution < 1.29 is 14.1 Å². The smallest absolute Gasteiger partial charge is 0.241 e. The van der Waals surface area contributed by atoms with Gasteiger partial charge in [0.05, 0.1) is 0 Å². The SMILES string of the molecule is Cc1cc(NC(=O)C2(C(=O)Nc3cccc(Br)c3)CC2)no1. The summed E-state index contributed by atoms with van der Waals surface area (Å²) in [5.41, 5.74) is -0.370. The zero-order valence-electron chi connectivity index (χ0n) is 11.9. The van der Waals surface area contributed by atoms with Gasteiger partial charge in [-0.05, 0) is 38.0 Å². The molecule has 0 bridgehead atoms. The normalized spacial score (nSPS) is 15.2. The van der Waals surface area contributed by atoms with Gasteiger partial charge in [-0.3, -0.25) is 9.59 Å². The van der Waals surface area contributed by atoms with Crippen molar-refractivity contribution in [2.24, 2.45) is 5.41 Å². The molecule has 3 rings (SSSR count). The summed E-state index contributed by atoms with van der Waals surface area (Å²) in [7, 11) is 0. The summed E-state index contributed by atoms with van der Waals surface area (Å²) in [5, 5.41) is 9.12. The van der Waals surface area contributed by atoms with Crippen LogP contribution >= 0.6 is 15.9 Å². The summed E-state index contributed by atoms with van der Waals surface area (Å²) in [6, 6.07) is 8.85. The molecule has 0 unspecified atom stereocenters. The number of rotatable bonds is 4. The van der Waals surface area contributed by atoms with Crippen LogP contribution in [0.25, 0.3) is 0 Å². The molecule has 1 aromatic carbocycles. The number of anilines is 2. The molecule has 0 saturated heterocycles. The molecule has 114 valence electrons. The topological polar surface area (TPSA) is 84.2 Å². The van der Waals surface area contributed by atoms with Crippen LogP contribution in [0.2, 0.25) is 0 Å². The average Bonchev–Trinajstić information content (AvgIpc) is 3.18. The molecule has 2 aromatic rings. The minimum absolute atomic E-state index is 0.302. The van der Waals surface area contributed by atoms with E-state index in [0.717, 1.165) is 4.47 Å². The van der Waals surface area contributed by atoms with E-state index in [1.807, 2.05) is 12.1 Å². The van der Waals surface area contributed by atoms with Gasteiger partial charge in [-0.25, -0.2) is 0 Å². The Morgan fingerprint density at radius 3 is 2.55 bits per heavy atom. The van der Waals surface area contributed by atoms with Gasteiger partial charge in [-0.1, -0.05) is 27.2 Å². The van der Waals surface area contributed by atoms with Gasteiger partial charge in [0.1, 0.15) is 11.2 Å². The lowest BCUT2D eigenvalue weighted by atomic mass is 10.1. The van der Waals surface area contributed by atoms with Gasteiger partial charge >= 0.3 is 0 Å². The molecule has 1 saturated carbocycles. The molecule has 0 spiro atoms. The van der Waals surface area contributed by atoms with Gasteiger partial charge in [0.15, 0.2) is 5.82 Å². The maximum Gasteiger partial charge on any atom is 0.241 e. The van der Waals surface area contributed by atoms with Gasteiger partial charge in [0.2, 0.25) is 11.8 Å². The molecule has 7 heteroatoms. The minimum atomic E-state index is -1.02. The average molecular weight is 364 g/mol. The second-order valence-corrected chi connectivity index (χ2v) is 6.24. The molecule has 1 aliphatic carbocycles. The minimum Gasteiger partial charge on any atom is -0.360 e. The third-order valence-corrected chi connectivity index (χ3v) is 4.06. The van der Waals surface area contributed by atoms with Gasteiger partial charge < -0.3 is 15.2 Å². The molecule has 0 aliphatic heterocycles. The van der Waals surface area contributed by atoms with E-state index in [2.05, 4.69) is 31.7 Å². The van der Waals surface area contributed by atoms with Crippen molar-refractivity contribution in [3.63, 3.8) is 0 Å². The Balaban J connectivity index is 1.69. The van der Waals surface area contributed by atoms with Crippen molar-refractivity contribution in [1.82, 2.24) is 5.16 Å². The monoisotopic (exact) mass is 363 g/mol. The van der Waals surface area contributed by atoms with E-state index in [0.29, 0.717) is 30.1 Å². The Kier molecular flexibility index (Phi) is 3.74. The van der Waals surface area contributed by atoms with Crippen molar-refractivity contribution in [2.45, 2.75) is 19.8 Å². The first-order chi connectivity index (χ1) is 10.5. The fourth-order valence-electron chi connectivity index (χ4n) is 2.16. The standard InChI is InChI=1S/C15H14BrN3O3/c1-9-7-12(19-22-9)18-14(21)15(5-6-15)13(20)17-11-4-2-3-10(16)8-11/h2-4,7-8H,5-6H2,1H3,(H,17,20)(H,18,19,21). The maximum absolute atomic E-state index is 12.4. The number of benzene rings is 1. The Bertz CT molecular complexity index is 737. The quantitative estimate of drug-likeness (QED) is 0.817. The lowest BCUT2D eigenvalue weighted by Gasteiger charge is -2.14. The fourth-order valence-corrected chi connectivity index (χ4v) is 2.56. The van der Waals surface area contributed by atoms with Crippen LogP contribution in [0.3, 0.4) is 0 Å². The van der Waals surface area contributed by atoms with Crippen molar-refractivity contribution in [3.05, 3.63) is 40.6 Å². The summed E-state index contributed by atoms with van der Waals surface area (Å²) >= 11 is 3.34. The zero-order chi connectivity index (χ0) is 15.7. The third kappa shape index (κ3) is 2.89. The summed E-state index contributed by atoms with van der Waals surface area (Å²) in [6.07, 6.45) is 1.05. The fraction of sp³-hybridized carbons (Fsp3) is 0.267. The van der Waals surface area contributed by atoms with Crippen LogP contribution in [-0.4, -0.2) is 17.0 Å². The highest BCUT2D eigenvalue weighted by Gasteiger charge is 2.56. The number of nitrogens with one attached hydrogen (secondary N) is 2. The molecule has 2 amide bonds. The summed E-state index contributed by atoms with van der Waals surface area (Å²) < 4.78 is 5.76. The van der Waals surface area contributed by atoms with Crippen LogP contribution in [0.15, 0.2) is 39.3 Å². The Morgan fingerprint density at radius 1 is 1.23 bits per heavy atom. The lowest BCUT2D eigenvalue weighted by Crippen LogP contribution is -2.35. The number of hydrogen-bond donors (Lipinski definition) is 2. The molecule has 0 radical (unpaired) electrons. The van der Waals surface area contributed by atoms with Crippen LogP contribution < -0.4 is 10.6 Å². The molecule has 0 atom stereocenters. The number of halogens is 1. The summed E-state index contributed by atoms with van der Waals surface area (Å²) in [4.78, 5) is 24.8. The number of aryl methyl sites for hydroxylation is 1. The predicted octanol–water partition coefficient (Wildman–Crippen LogP) is 3.10. The van der Waals surface area contributed by atoms with Crippen LogP contribution in [-0.2, 0) is 9.59 Å². The Labute approximate surface area is 135 Å². The highest BCUT2D eigenvalue weighted by atomic mass is 79.9. The number of carbonyl (C=O) groups is 2. The van der Waals surface area contributed by atoms with Gasteiger partial charge in [-0.15, -0.1) is 0 Å². The van der Waals surface area contributed by atoms with E-state index in [9.17, 15) is 9.59 Å². The van der Waals surface area contributed by atoms with E-state index < -0.39 is 5.41 Å². The molecule has 2 N–H and O–H groups in total. The Hall–Kier alpha value is -2.15. The van der Waals surface area contributed by atoms with Gasteiger partial charge in [-0.2, -0.15) is 0 Å². The first-order valence-electron chi connectivity index (χ1n) is 6.81. The van der Waals surface area contributed by atoms with E-state index in [4.69, 9.17) is 4.52 Å². The van der Waals surface area contributed by atoms with Crippen molar-refractivity contribution in [3.8, 4) is 0 Å². The third-order valence-electron chi connectivity index (χ3n) is 3.57. The summed E-state index contributed by atoms with van der Waals surface area (Å²) in [5.74, 6) is 0.263. The number of carbonyl (C=O) groups excluding carboxylic acids is 2. The predicted molar refractivity (Wildman–Crippen MR) is 84.3 cm³/mol. The number of aromatic nitrogens is 1. The number of nitrogens with zero attached hydrogens (tertiary/aromatic N) is 1. The summed E-state index contributed by atoms with van der Waals surface area (Å²) in [6.45, 7) is 1.73. The van der Waals surface area contributed by atoms with Crippen molar-refractivity contribution >= 4 is 39.2 Å². The maximum atomic E-state index is 12.4. The van der Waals surface area contributed by atoms with Crippen molar-refractivity contribution in [2.75, 3.05) is 10.6 Å². The molecule has 1 aromatic heterocycles. The van der Waals surface area contributed by atoms with Crippen LogP contribution in [0, 0.1) is 12.3 Å². The Morgan fingerprint density at radius 2 is 1.95 bits per heavy atom. The largest absolute Gasteiger partial charge is 0.360 e. The van der Waals surface area contributed by atoms with E-state index in [-0.39, 0.29) is 11.8 Å². The lowest BCUT2D eigenvalue weighted by molar-refractivity contribution is -0.131. The van der Waals surface area contributed by atoms with E-state index in [1.54, 1.807) is 25.1 Å².